The van der Waals surface area contributed by atoms with E-state index in [1.165, 1.54) is 16.7 Å². The normalized spacial score (nSPS) is 15.3. The second-order valence-electron chi connectivity index (χ2n) is 8.49. The molecule has 0 aliphatic carbocycles. The van der Waals surface area contributed by atoms with Gasteiger partial charge in [0.2, 0.25) is 0 Å². The van der Waals surface area contributed by atoms with Crippen molar-refractivity contribution in [3.63, 3.8) is 0 Å². The lowest BCUT2D eigenvalue weighted by molar-refractivity contribution is 0.0451. The molecule has 0 N–H and O–H groups in total. The van der Waals surface area contributed by atoms with E-state index in [1.54, 1.807) is 12.1 Å². The molecule has 0 aromatic heterocycles. The Kier molecular flexibility index (Phi) is 8.43. The lowest BCUT2D eigenvalue weighted by atomic mass is 10.0. The van der Waals surface area contributed by atoms with Crippen molar-refractivity contribution in [3.8, 4) is 0 Å². The molecule has 0 spiro atoms. The Morgan fingerprint density at radius 3 is 1.78 bits per heavy atom. The van der Waals surface area contributed by atoms with Crippen LogP contribution in [0.3, 0.4) is 0 Å². The molecule has 1 fully saturated rings. The minimum atomic E-state index is -0.160. The third-order valence-electron chi connectivity index (χ3n) is 6.21. The average molecular weight is 433 g/mol. The Hall–Kier alpha value is -2.53. The van der Waals surface area contributed by atoms with Gasteiger partial charge >= 0.3 is 0 Å². The van der Waals surface area contributed by atoms with Gasteiger partial charge in [0.25, 0.3) is 0 Å². The molecule has 1 aliphatic rings. The molecule has 168 valence electrons. The molecular formula is C28H33FN2O. The second-order valence-corrected chi connectivity index (χ2v) is 8.49. The Morgan fingerprint density at radius 1 is 0.688 bits per heavy atom. The van der Waals surface area contributed by atoms with Crippen LogP contribution in [0.2, 0.25) is 0 Å². The van der Waals surface area contributed by atoms with E-state index in [-0.39, 0.29) is 11.9 Å². The highest BCUT2D eigenvalue weighted by molar-refractivity contribution is 5.29. The average Bonchev–Trinajstić information content (AvgIpc) is 2.85. The van der Waals surface area contributed by atoms with Crippen LogP contribution in [0.5, 0.6) is 0 Å². The van der Waals surface area contributed by atoms with Crippen LogP contribution in [-0.2, 0) is 11.2 Å². The second kappa shape index (κ2) is 11.9. The lowest BCUT2D eigenvalue weighted by Crippen LogP contribution is -2.47. The maximum atomic E-state index is 13.0. The Morgan fingerprint density at radius 2 is 1.22 bits per heavy atom. The third-order valence-corrected chi connectivity index (χ3v) is 6.21. The molecular weight excluding hydrogens is 399 g/mol. The zero-order valence-electron chi connectivity index (χ0n) is 18.7. The molecule has 1 heterocycles. The van der Waals surface area contributed by atoms with Gasteiger partial charge in [0, 0.05) is 32.7 Å². The molecule has 0 amide bonds. The Labute approximate surface area is 191 Å². The molecule has 0 radical (unpaired) electrons. The van der Waals surface area contributed by atoms with Gasteiger partial charge in [-0.2, -0.15) is 0 Å². The van der Waals surface area contributed by atoms with E-state index in [0.29, 0.717) is 0 Å². The van der Waals surface area contributed by atoms with Crippen LogP contribution >= 0.6 is 0 Å². The van der Waals surface area contributed by atoms with Crippen molar-refractivity contribution < 1.29 is 9.13 Å². The SMILES string of the molecule is Fc1ccc(CCCN2CCN(CCOC(c3ccccc3)c3ccccc3)CC2)cc1. The van der Waals surface area contributed by atoms with Crippen LogP contribution in [0.1, 0.15) is 29.2 Å². The van der Waals surface area contributed by atoms with Crippen molar-refractivity contribution in [3.05, 3.63) is 107 Å². The van der Waals surface area contributed by atoms with Crippen molar-refractivity contribution in [2.45, 2.75) is 18.9 Å². The van der Waals surface area contributed by atoms with Crippen LogP contribution in [0, 0.1) is 5.82 Å². The maximum Gasteiger partial charge on any atom is 0.123 e. The summed E-state index contributed by atoms with van der Waals surface area (Å²) in [5.41, 5.74) is 3.61. The monoisotopic (exact) mass is 432 g/mol. The van der Waals surface area contributed by atoms with Gasteiger partial charge in [-0.3, -0.25) is 4.90 Å². The molecule has 3 aromatic rings. The molecule has 1 saturated heterocycles. The van der Waals surface area contributed by atoms with Gasteiger partial charge in [0.15, 0.2) is 0 Å². The predicted molar refractivity (Wildman–Crippen MR) is 128 cm³/mol. The number of hydrogen-bond acceptors (Lipinski definition) is 3. The van der Waals surface area contributed by atoms with Gasteiger partial charge in [-0.1, -0.05) is 72.8 Å². The molecule has 3 aromatic carbocycles. The topological polar surface area (TPSA) is 15.7 Å². The number of rotatable bonds is 10. The van der Waals surface area contributed by atoms with Crippen molar-refractivity contribution in [1.82, 2.24) is 9.80 Å². The number of aryl methyl sites for hydroxylation is 1. The summed E-state index contributed by atoms with van der Waals surface area (Å²) in [6.07, 6.45) is 2.10. The van der Waals surface area contributed by atoms with E-state index in [2.05, 4.69) is 58.3 Å². The summed E-state index contributed by atoms with van der Waals surface area (Å²) in [5, 5.41) is 0. The zero-order chi connectivity index (χ0) is 22.0. The first kappa shape index (κ1) is 22.7. The predicted octanol–water partition coefficient (Wildman–Crippen LogP) is 5.18. The van der Waals surface area contributed by atoms with Gasteiger partial charge in [-0.05, 0) is 48.2 Å². The highest BCUT2D eigenvalue weighted by atomic mass is 19.1. The molecule has 3 nitrogen and oxygen atoms in total. The highest BCUT2D eigenvalue weighted by Crippen LogP contribution is 2.25. The molecule has 4 heteroatoms. The van der Waals surface area contributed by atoms with Crippen molar-refractivity contribution in [2.75, 3.05) is 45.9 Å². The van der Waals surface area contributed by atoms with Crippen molar-refractivity contribution in [1.29, 1.82) is 0 Å². The summed E-state index contributed by atoms with van der Waals surface area (Å²) in [4.78, 5) is 5.04. The smallest absolute Gasteiger partial charge is 0.123 e. The number of benzene rings is 3. The number of nitrogens with zero attached hydrogens (tertiary/aromatic N) is 2. The fourth-order valence-electron chi connectivity index (χ4n) is 4.33. The van der Waals surface area contributed by atoms with Crippen molar-refractivity contribution in [2.24, 2.45) is 0 Å². The third kappa shape index (κ3) is 6.73. The molecule has 0 atom stereocenters. The van der Waals surface area contributed by atoms with Crippen LogP contribution in [0.25, 0.3) is 0 Å². The standard InChI is InChI=1S/C28H33FN2O/c29-27-15-13-24(14-16-27)8-7-17-30-18-20-31(21-19-30)22-23-32-28(25-9-3-1-4-10-25)26-11-5-2-6-12-26/h1-6,9-16,28H,7-8,17-23H2. The zero-order valence-corrected chi connectivity index (χ0v) is 18.7. The number of halogens is 1. The fourth-order valence-corrected chi connectivity index (χ4v) is 4.33. The maximum absolute atomic E-state index is 13.0. The Balaban J connectivity index is 1.18. The molecule has 1 aliphatic heterocycles. The molecule has 0 saturated carbocycles. The summed E-state index contributed by atoms with van der Waals surface area (Å²) < 4.78 is 19.4. The minimum Gasteiger partial charge on any atom is -0.367 e. The molecule has 0 unspecified atom stereocenters. The lowest BCUT2D eigenvalue weighted by Gasteiger charge is -2.35. The Bertz CT molecular complexity index is 870. The molecule has 32 heavy (non-hydrogen) atoms. The van der Waals surface area contributed by atoms with Gasteiger partial charge in [0.1, 0.15) is 11.9 Å². The number of piperazine rings is 1. The van der Waals surface area contributed by atoms with E-state index in [9.17, 15) is 4.39 Å². The number of ether oxygens (including phenoxy) is 1. The highest BCUT2D eigenvalue weighted by Gasteiger charge is 2.18. The van der Waals surface area contributed by atoms with Gasteiger partial charge < -0.3 is 9.64 Å². The summed E-state index contributed by atoms with van der Waals surface area (Å²) in [6, 6.07) is 27.8. The summed E-state index contributed by atoms with van der Waals surface area (Å²) in [7, 11) is 0. The van der Waals surface area contributed by atoms with Gasteiger partial charge in [0.05, 0.1) is 6.61 Å². The fraction of sp³-hybridized carbons (Fsp3) is 0.357. The van der Waals surface area contributed by atoms with E-state index in [1.807, 2.05) is 24.3 Å². The minimum absolute atomic E-state index is 0.0230. The summed E-state index contributed by atoms with van der Waals surface area (Å²) in [6.45, 7) is 7.15. The first-order valence-electron chi connectivity index (χ1n) is 11.7. The van der Waals surface area contributed by atoms with Gasteiger partial charge in [-0.25, -0.2) is 4.39 Å². The number of hydrogen-bond donors (Lipinski definition) is 0. The van der Waals surface area contributed by atoms with Crippen LogP contribution < -0.4 is 0 Å². The van der Waals surface area contributed by atoms with Crippen molar-refractivity contribution >= 4 is 0 Å². The van der Waals surface area contributed by atoms with E-state index < -0.39 is 0 Å². The first-order chi connectivity index (χ1) is 15.8. The summed E-state index contributed by atoms with van der Waals surface area (Å²) >= 11 is 0. The van der Waals surface area contributed by atoms with Crippen LogP contribution in [0.4, 0.5) is 4.39 Å². The van der Waals surface area contributed by atoms with E-state index >= 15 is 0 Å². The van der Waals surface area contributed by atoms with Crippen LogP contribution in [-0.4, -0.2) is 55.7 Å². The van der Waals surface area contributed by atoms with Crippen LogP contribution in [0.15, 0.2) is 84.9 Å². The molecule has 4 rings (SSSR count). The van der Waals surface area contributed by atoms with Gasteiger partial charge in [-0.15, -0.1) is 0 Å². The first-order valence-corrected chi connectivity index (χ1v) is 11.7. The molecule has 0 bridgehead atoms. The largest absolute Gasteiger partial charge is 0.367 e. The van der Waals surface area contributed by atoms with E-state index in [4.69, 9.17) is 4.74 Å². The van der Waals surface area contributed by atoms with E-state index in [0.717, 1.165) is 58.7 Å². The quantitative estimate of drug-likeness (QED) is 0.439. The summed E-state index contributed by atoms with van der Waals surface area (Å²) in [5.74, 6) is -0.160.